The van der Waals surface area contributed by atoms with Gasteiger partial charge in [-0.2, -0.15) is 0 Å². The van der Waals surface area contributed by atoms with Crippen LogP contribution in [0, 0.1) is 0 Å². The number of pyridine rings is 1. The first-order valence-corrected chi connectivity index (χ1v) is 9.99. The van der Waals surface area contributed by atoms with E-state index in [0.29, 0.717) is 19.5 Å². The summed E-state index contributed by atoms with van der Waals surface area (Å²) in [5, 5.41) is 2.98. The van der Waals surface area contributed by atoms with Crippen molar-refractivity contribution >= 4 is 17.1 Å². The number of carbonyl (C=O) groups is 1. The van der Waals surface area contributed by atoms with E-state index in [1.165, 1.54) is 0 Å². The molecule has 0 spiro atoms. The minimum Gasteiger partial charge on any atom is -0.497 e. The van der Waals surface area contributed by atoms with Crippen molar-refractivity contribution in [3.8, 4) is 11.5 Å². The van der Waals surface area contributed by atoms with Gasteiger partial charge in [-0.15, -0.1) is 0 Å². The van der Waals surface area contributed by atoms with E-state index in [1.807, 2.05) is 65.2 Å². The van der Waals surface area contributed by atoms with E-state index in [-0.39, 0.29) is 5.91 Å². The molecule has 4 aromatic rings. The molecule has 7 nitrogen and oxygen atoms in total. The van der Waals surface area contributed by atoms with E-state index in [1.54, 1.807) is 20.4 Å². The predicted molar refractivity (Wildman–Crippen MR) is 118 cm³/mol. The van der Waals surface area contributed by atoms with Gasteiger partial charge in [-0.1, -0.05) is 24.3 Å². The van der Waals surface area contributed by atoms with Gasteiger partial charge in [0.1, 0.15) is 22.8 Å². The lowest BCUT2D eigenvalue weighted by Crippen LogP contribution is -2.26. The van der Waals surface area contributed by atoms with Gasteiger partial charge in [0.25, 0.3) is 0 Å². The Morgan fingerprint density at radius 1 is 0.935 bits per heavy atom. The van der Waals surface area contributed by atoms with Gasteiger partial charge in [0.15, 0.2) is 5.65 Å². The molecule has 0 aliphatic rings. The summed E-state index contributed by atoms with van der Waals surface area (Å²) < 4.78 is 12.4. The highest BCUT2D eigenvalue weighted by atomic mass is 16.5. The lowest BCUT2D eigenvalue weighted by molar-refractivity contribution is -0.120. The average molecular weight is 416 g/mol. The van der Waals surface area contributed by atoms with Gasteiger partial charge in [-0.3, -0.25) is 4.79 Å². The summed E-state index contributed by atoms with van der Waals surface area (Å²) in [6.07, 6.45) is 2.04. The van der Waals surface area contributed by atoms with Crippen molar-refractivity contribution < 1.29 is 14.3 Å². The van der Waals surface area contributed by atoms with Gasteiger partial charge in [0.2, 0.25) is 5.91 Å². The molecule has 0 aliphatic heterocycles. The van der Waals surface area contributed by atoms with Crippen LogP contribution < -0.4 is 14.8 Å². The molecule has 0 fully saturated rings. The topological polar surface area (TPSA) is 78.3 Å². The molecule has 0 radical (unpaired) electrons. The molecule has 0 saturated carbocycles. The summed E-state index contributed by atoms with van der Waals surface area (Å²) in [5.41, 5.74) is 3.61. The van der Waals surface area contributed by atoms with Crippen LogP contribution in [0.3, 0.4) is 0 Å². The fourth-order valence-corrected chi connectivity index (χ4v) is 3.39. The first kappa shape index (κ1) is 20.4. The smallest absolute Gasteiger partial charge is 0.224 e. The third kappa shape index (κ3) is 4.83. The highest BCUT2D eigenvalue weighted by Gasteiger charge is 2.13. The number of rotatable bonds is 8. The van der Waals surface area contributed by atoms with Crippen LogP contribution in [-0.2, 0) is 24.3 Å². The maximum absolute atomic E-state index is 12.5. The van der Waals surface area contributed by atoms with E-state index in [9.17, 15) is 4.79 Å². The number of hydrogen-bond donors (Lipinski definition) is 1. The Morgan fingerprint density at radius 2 is 1.58 bits per heavy atom. The summed E-state index contributed by atoms with van der Waals surface area (Å²) in [7, 11) is 3.27. The van der Waals surface area contributed by atoms with Gasteiger partial charge in [0.05, 0.1) is 33.7 Å². The molecule has 0 bridgehead atoms. The first-order chi connectivity index (χ1) is 15.2. The Morgan fingerprint density at radius 3 is 2.23 bits per heavy atom. The van der Waals surface area contributed by atoms with Crippen LogP contribution in [-0.4, -0.2) is 34.7 Å². The monoisotopic (exact) mass is 416 g/mol. The molecule has 1 N–H and O–H groups in total. The zero-order chi connectivity index (χ0) is 21.6. The van der Waals surface area contributed by atoms with Crippen molar-refractivity contribution in [1.82, 2.24) is 19.9 Å². The molecule has 7 heteroatoms. The van der Waals surface area contributed by atoms with E-state index in [2.05, 4.69) is 15.3 Å². The number of amides is 1. The molecule has 0 atom stereocenters. The second kappa shape index (κ2) is 9.30. The van der Waals surface area contributed by atoms with Gasteiger partial charge >= 0.3 is 0 Å². The number of imidazole rings is 1. The molecule has 31 heavy (non-hydrogen) atoms. The van der Waals surface area contributed by atoms with Gasteiger partial charge in [-0.05, 0) is 47.5 Å². The number of carbonyl (C=O) groups excluding carboxylic acids is 1. The molecule has 0 unspecified atom stereocenters. The largest absolute Gasteiger partial charge is 0.497 e. The highest BCUT2D eigenvalue weighted by Crippen LogP contribution is 2.18. The molecule has 0 aliphatic carbocycles. The zero-order valence-corrected chi connectivity index (χ0v) is 17.5. The molecular weight excluding hydrogens is 392 g/mol. The maximum atomic E-state index is 12.5. The third-order valence-electron chi connectivity index (χ3n) is 5.05. The van der Waals surface area contributed by atoms with E-state index in [4.69, 9.17) is 9.47 Å². The van der Waals surface area contributed by atoms with Gasteiger partial charge in [0, 0.05) is 6.20 Å². The fourth-order valence-electron chi connectivity index (χ4n) is 3.39. The number of hydrogen-bond acceptors (Lipinski definition) is 5. The lowest BCUT2D eigenvalue weighted by atomic mass is 10.1. The minimum atomic E-state index is -0.0684. The number of ether oxygens (including phenoxy) is 2. The Kier molecular flexibility index (Phi) is 6.12. The van der Waals surface area contributed by atoms with Crippen molar-refractivity contribution in [2.45, 2.75) is 19.5 Å². The fraction of sp³-hybridized carbons (Fsp3) is 0.208. The van der Waals surface area contributed by atoms with Crippen molar-refractivity contribution in [2.24, 2.45) is 0 Å². The molecule has 158 valence electrons. The summed E-state index contributed by atoms with van der Waals surface area (Å²) in [5.74, 6) is 2.26. The van der Waals surface area contributed by atoms with Crippen molar-refractivity contribution in [3.63, 3.8) is 0 Å². The standard InChI is InChI=1S/C24H24N4O3/c1-30-19-9-5-17(6-10-19)14-23(29)26-15-22-27-21-4-3-13-25-24(21)28(22)16-18-7-11-20(31-2)12-8-18/h3-13H,14-16H2,1-2H3,(H,26,29). The third-order valence-corrected chi connectivity index (χ3v) is 5.05. The highest BCUT2D eigenvalue weighted by molar-refractivity contribution is 5.78. The minimum absolute atomic E-state index is 0.0684. The second-order valence-electron chi connectivity index (χ2n) is 7.11. The number of fused-ring (bicyclic) bond motifs is 1. The normalized spacial score (nSPS) is 10.8. The number of methoxy groups -OCH3 is 2. The van der Waals surface area contributed by atoms with Crippen LogP contribution in [0.2, 0.25) is 0 Å². The molecule has 2 heterocycles. The first-order valence-electron chi connectivity index (χ1n) is 9.99. The Balaban J connectivity index is 1.49. The predicted octanol–water partition coefficient (Wildman–Crippen LogP) is 3.36. The van der Waals surface area contributed by atoms with Gasteiger partial charge < -0.3 is 19.4 Å². The number of aromatic nitrogens is 3. The van der Waals surface area contributed by atoms with Gasteiger partial charge in [-0.25, -0.2) is 9.97 Å². The van der Waals surface area contributed by atoms with Crippen molar-refractivity contribution in [1.29, 1.82) is 0 Å². The molecular formula is C24H24N4O3. The summed E-state index contributed by atoms with van der Waals surface area (Å²) in [6, 6.07) is 19.2. The van der Waals surface area contributed by atoms with Crippen LogP contribution in [0.15, 0.2) is 66.9 Å². The quantitative estimate of drug-likeness (QED) is 0.477. The summed E-state index contributed by atoms with van der Waals surface area (Å²) >= 11 is 0. The van der Waals surface area contributed by atoms with Crippen LogP contribution >= 0.6 is 0 Å². The number of nitrogens with one attached hydrogen (secondary N) is 1. The van der Waals surface area contributed by atoms with E-state index >= 15 is 0 Å². The number of nitrogens with zero attached hydrogens (tertiary/aromatic N) is 3. The molecule has 2 aromatic heterocycles. The Hall–Kier alpha value is -3.87. The molecule has 0 saturated heterocycles. The Labute approximate surface area is 180 Å². The second-order valence-corrected chi connectivity index (χ2v) is 7.11. The van der Waals surface area contributed by atoms with Crippen molar-refractivity contribution in [3.05, 3.63) is 83.8 Å². The zero-order valence-electron chi connectivity index (χ0n) is 17.5. The van der Waals surface area contributed by atoms with Crippen LogP contribution in [0.4, 0.5) is 0 Å². The van der Waals surface area contributed by atoms with E-state index in [0.717, 1.165) is 39.6 Å². The van der Waals surface area contributed by atoms with Crippen LogP contribution in [0.5, 0.6) is 11.5 Å². The van der Waals surface area contributed by atoms with E-state index < -0.39 is 0 Å². The molecule has 4 rings (SSSR count). The molecule has 1 amide bonds. The maximum Gasteiger partial charge on any atom is 0.224 e. The SMILES string of the molecule is COc1ccc(CC(=O)NCc2nc3cccnc3n2Cc2ccc(OC)cc2)cc1. The Bertz CT molecular complexity index is 1170. The van der Waals surface area contributed by atoms with Crippen LogP contribution in [0.1, 0.15) is 17.0 Å². The summed E-state index contributed by atoms with van der Waals surface area (Å²) in [6.45, 7) is 0.919. The number of benzene rings is 2. The average Bonchev–Trinajstić information content (AvgIpc) is 3.16. The van der Waals surface area contributed by atoms with Crippen LogP contribution in [0.25, 0.3) is 11.2 Å². The van der Waals surface area contributed by atoms with Crippen molar-refractivity contribution in [2.75, 3.05) is 14.2 Å². The molecule has 2 aromatic carbocycles. The summed E-state index contributed by atoms with van der Waals surface area (Å²) in [4.78, 5) is 21.7. The lowest BCUT2D eigenvalue weighted by Gasteiger charge is -2.11.